The Bertz CT molecular complexity index is 410. The van der Waals surface area contributed by atoms with Gasteiger partial charge in [-0.25, -0.2) is 4.79 Å². The minimum Gasteiger partial charge on any atom is -0.444 e. The second kappa shape index (κ2) is 8.35. The molecule has 1 rings (SSSR count). The molecule has 0 saturated heterocycles. The summed E-state index contributed by atoms with van der Waals surface area (Å²) in [6.07, 6.45) is 3.43. The van der Waals surface area contributed by atoms with Crippen LogP contribution in [-0.4, -0.2) is 6.09 Å². The van der Waals surface area contributed by atoms with Crippen molar-refractivity contribution >= 4 is 6.09 Å². The van der Waals surface area contributed by atoms with Crippen LogP contribution in [0.15, 0.2) is 42.1 Å². The third-order valence-electron chi connectivity index (χ3n) is 2.69. The van der Waals surface area contributed by atoms with Crippen LogP contribution in [0.1, 0.15) is 39.2 Å². The smallest absolute Gasteiger partial charge is 0.411 e. The number of rotatable bonds is 6. The van der Waals surface area contributed by atoms with Gasteiger partial charge in [-0.3, -0.25) is 5.32 Å². The van der Waals surface area contributed by atoms with Crippen LogP contribution < -0.4 is 5.32 Å². The van der Waals surface area contributed by atoms with E-state index in [1.807, 2.05) is 37.3 Å². The van der Waals surface area contributed by atoms with Crippen LogP contribution in [0.3, 0.4) is 0 Å². The fourth-order valence-electron chi connectivity index (χ4n) is 1.55. The number of alkyl carbamates (subject to hydrolysis) is 1. The third-order valence-corrected chi connectivity index (χ3v) is 2.69. The molecule has 104 valence electrons. The molecular weight excluding hydrogens is 238 g/mol. The second-order valence-electron chi connectivity index (χ2n) is 4.90. The maximum atomic E-state index is 11.7. The molecule has 3 heteroatoms. The summed E-state index contributed by atoms with van der Waals surface area (Å²) in [5.41, 5.74) is 1.91. The van der Waals surface area contributed by atoms with Crippen molar-refractivity contribution in [3.05, 3.63) is 47.7 Å². The molecule has 0 aromatic heterocycles. The van der Waals surface area contributed by atoms with Crippen LogP contribution in [0.5, 0.6) is 0 Å². The summed E-state index contributed by atoms with van der Waals surface area (Å²) in [6.45, 7) is 6.62. The van der Waals surface area contributed by atoms with Crippen molar-refractivity contribution in [2.45, 2.75) is 40.2 Å². The van der Waals surface area contributed by atoms with Gasteiger partial charge in [0.15, 0.2) is 0 Å². The van der Waals surface area contributed by atoms with E-state index >= 15 is 0 Å². The molecule has 1 aromatic carbocycles. The van der Waals surface area contributed by atoms with E-state index in [9.17, 15) is 4.79 Å². The molecule has 1 N–H and O–H groups in total. The highest BCUT2D eigenvalue weighted by Gasteiger charge is 2.04. The van der Waals surface area contributed by atoms with Crippen molar-refractivity contribution in [2.75, 3.05) is 0 Å². The average molecular weight is 261 g/mol. The Labute approximate surface area is 115 Å². The number of amides is 1. The fraction of sp³-hybridized carbons (Fsp3) is 0.438. The lowest BCUT2D eigenvalue weighted by Gasteiger charge is -2.10. The van der Waals surface area contributed by atoms with Crippen molar-refractivity contribution in [1.29, 1.82) is 0 Å². The van der Waals surface area contributed by atoms with Gasteiger partial charge in [-0.1, -0.05) is 57.2 Å². The SMILES string of the molecule is CC/C(=C\CC(C)C)NC(=O)OCc1ccccc1. The number of carbonyl (C=O) groups is 1. The highest BCUT2D eigenvalue weighted by molar-refractivity contribution is 5.69. The van der Waals surface area contributed by atoms with Gasteiger partial charge < -0.3 is 4.74 Å². The average Bonchev–Trinajstić information content (AvgIpc) is 2.42. The molecule has 19 heavy (non-hydrogen) atoms. The number of allylic oxidation sites excluding steroid dienone is 2. The van der Waals surface area contributed by atoms with Gasteiger partial charge in [0.2, 0.25) is 0 Å². The van der Waals surface area contributed by atoms with Crippen molar-refractivity contribution in [2.24, 2.45) is 5.92 Å². The largest absolute Gasteiger partial charge is 0.444 e. The lowest BCUT2D eigenvalue weighted by Crippen LogP contribution is -2.23. The Balaban J connectivity index is 2.39. The van der Waals surface area contributed by atoms with Crippen LogP contribution in [0.25, 0.3) is 0 Å². The van der Waals surface area contributed by atoms with E-state index in [2.05, 4.69) is 25.2 Å². The molecule has 0 unspecified atom stereocenters. The molecular formula is C16H23NO2. The van der Waals surface area contributed by atoms with Gasteiger partial charge >= 0.3 is 6.09 Å². The number of carbonyl (C=O) groups excluding carboxylic acids is 1. The quantitative estimate of drug-likeness (QED) is 0.831. The number of ether oxygens (including phenoxy) is 1. The summed E-state index contributed by atoms with van der Waals surface area (Å²) >= 11 is 0. The molecule has 0 fully saturated rings. The first kappa shape index (κ1) is 15.3. The molecule has 0 aliphatic rings. The van der Waals surface area contributed by atoms with Crippen LogP contribution >= 0.6 is 0 Å². The summed E-state index contributed by atoms with van der Waals surface area (Å²) in [5, 5.41) is 2.79. The summed E-state index contributed by atoms with van der Waals surface area (Å²) in [5.74, 6) is 0.587. The number of hydrogen-bond acceptors (Lipinski definition) is 2. The summed E-state index contributed by atoms with van der Waals surface area (Å²) in [7, 11) is 0. The van der Waals surface area contributed by atoms with Gasteiger partial charge in [0.25, 0.3) is 0 Å². The molecule has 0 saturated carbocycles. The maximum absolute atomic E-state index is 11.7. The van der Waals surface area contributed by atoms with Crippen LogP contribution in [0.4, 0.5) is 4.79 Å². The third kappa shape index (κ3) is 6.65. The maximum Gasteiger partial charge on any atom is 0.411 e. The number of benzene rings is 1. The van der Waals surface area contributed by atoms with E-state index in [0.29, 0.717) is 12.5 Å². The van der Waals surface area contributed by atoms with E-state index < -0.39 is 0 Å². The minimum atomic E-state index is -0.388. The number of nitrogens with one attached hydrogen (secondary N) is 1. The first-order chi connectivity index (χ1) is 9.11. The lowest BCUT2D eigenvalue weighted by atomic mass is 10.1. The topological polar surface area (TPSA) is 38.3 Å². The predicted octanol–water partition coefficient (Wildman–Crippen LogP) is 4.25. The molecule has 3 nitrogen and oxygen atoms in total. The van der Waals surface area contributed by atoms with Crippen molar-refractivity contribution in [3.8, 4) is 0 Å². The fourth-order valence-corrected chi connectivity index (χ4v) is 1.55. The van der Waals surface area contributed by atoms with E-state index in [0.717, 1.165) is 24.1 Å². The van der Waals surface area contributed by atoms with E-state index in [4.69, 9.17) is 4.74 Å². The first-order valence-corrected chi connectivity index (χ1v) is 6.78. The first-order valence-electron chi connectivity index (χ1n) is 6.78. The summed E-state index contributed by atoms with van der Waals surface area (Å²) in [4.78, 5) is 11.7. The summed E-state index contributed by atoms with van der Waals surface area (Å²) < 4.78 is 5.18. The van der Waals surface area contributed by atoms with E-state index in [-0.39, 0.29) is 6.09 Å². The van der Waals surface area contributed by atoms with E-state index in [1.54, 1.807) is 0 Å². The van der Waals surface area contributed by atoms with Crippen molar-refractivity contribution in [3.63, 3.8) is 0 Å². The highest BCUT2D eigenvalue weighted by atomic mass is 16.5. The number of hydrogen-bond donors (Lipinski definition) is 1. The minimum absolute atomic E-state index is 0.299. The van der Waals surface area contributed by atoms with E-state index in [1.165, 1.54) is 0 Å². The van der Waals surface area contributed by atoms with Gasteiger partial charge in [0.05, 0.1) is 0 Å². The molecule has 0 bridgehead atoms. The van der Waals surface area contributed by atoms with Crippen molar-refractivity contribution in [1.82, 2.24) is 5.32 Å². The molecule has 0 radical (unpaired) electrons. The monoisotopic (exact) mass is 261 g/mol. The molecule has 0 heterocycles. The summed E-state index contributed by atoms with van der Waals surface area (Å²) in [6, 6.07) is 9.66. The zero-order chi connectivity index (χ0) is 14.1. The van der Waals surface area contributed by atoms with Gasteiger partial charge in [-0.15, -0.1) is 0 Å². The molecule has 0 aliphatic heterocycles. The Morgan fingerprint density at radius 1 is 1.32 bits per heavy atom. The zero-order valence-electron chi connectivity index (χ0n) is 12.0. The molecule has 0 spiro atoms. The Morgan fingerprint density at radius 2 is 2.00 bits per heavy atom. The van der Waals surface area contributed by atoms with Gasteiger partial charge in [0, 0.05) is 5.70 Å². The Hall–Kier alpha value is -1.77. The standard InChI is InChI=1S/C16H23NO2/c1-4-15(11-10-13(2)3)17-16(18)19-12-14-8-6-5-7-9-14/h5-9,11,13H,4,10,12H2,1-3H3,(H,17,18)/b15-11+. The molecule has 1 amide bonds. The Morgan fingerprint density at radius 3 is 2.58 bits per heavy atom. The zero-order valence-corrected chi connectivity index (χ0v) is 12.0. The highest BCUT2D eigenvalue weighted by Crippen LogP contribution is 2.06. The normalized spacial score (nSPS) is 11.5. The van der Waals surface area contributed by atoms with Crippen LogP contribution in [-0.2, 0) is 11.3 Å². The molecule has 0 atom stereocenters. The van der Waals surface area contributed by atoms with Gasteiger partial charge in [-0.2, -0.15) is 0 Å². The van der Waals surface area contributed by atoms with Crippen molar-refractivity contribution < 1.29 is 9.53 Å². The second-order valence-corrected chi connectivity index (χ2v) is 4.90. The predicted molar refractivity (Wildman–Crippen MR) is 77.6 cm³/mol. The molecule has 0 aliphatic carbocycles. The Kier molecular flexibility index (Phi) is 6.72. The lowest BCUT2D eigenvalue weighted by molar-refractivity contribution is 0.142. The molecule has 1 aromatic rings. The van der Waals surface area contributed by atoms with Gasteiger partial charge in [-0.05, 0) is 24.3 Å². The van der Waals surface area contributed by atoms with Crippen LogP contribution in [0.2, 0.25) is 0 Å². The van der Waals surface area contributed by atoms with Crippen LogP contribution in [0, 0.1) is 5.92 Å². The van der Waals surface area contributed by atoms with Gasteiger partial charge in [0.1, 0.15) is 6.61 Å².